The van der Waals surface area contributed by atoms with E-state index in [1.54, 1.807) is 0 Å². The SMILES string of the molecule is CC=CC.c1ccc(SCCCCSc2ccccc2)cc1. The summed E-state index contributed by atoms with van der Waals surface area (Å²) in [5, 5.41) is 0. The first kappa shape index (κ1) is 18.9. The van der Waals surface area contributed by atoms with Crippen LogP contribution in [0.15, 0.2) is 82.6 Å². The number of hydrogen-bond donors (Lipinski definition) is 0. The first-order chi connectivity index (χ1) is 10.9. The van der Waals surface area contributed by atoms with Crippen LogP contribution >= 0.6 is 23.5 Å². The molecule has 0 nitrogen and oxygen atoms in total. The van der Waals surface area contributed by atoms with Crippen LogP contribution in [0.5, 0.6) is 0 Å². The third kappa shape index (κ3) is 9.75. The quantitative estimate of drug-likeness (QED) is 0.306. The largest absolute Gasteiger partial charge is 0.126 e. The molecule has 0 aliphatic rings. The Kier molecular flexibility index (Phi) is 11.6. The Morgan fingerprint density at radius 1 is 0.636 bits per heavy atom. The van der Waals surface area contributed by atoms with Gasteiger partial charge < -0.3 is 0 Å². The lowest BCUT2D eigenvalue weighted by atomic mass is 10.4. The predicted octanol–water partition coefficient (Wildman–Crippen LogP) is 6.93. The van der Waals surface area contributed by atoms with Crippen molar-refractivity contribution in [2.75, 3.05) is 11.5 Å². The minimum Gasteiger partial charge on any atom is -0.126 e. The van der Waals surface area contributed by atoms with Crippen LogP contribution in [-0.4, -0.2) is 11.5 Å². The summed E-state index contributed by atoms with van der Waals surface area (Å²) in [7, 11) is 0. The third-order valence-corrected chi connectivity index (χ3v) is 5.09. The van der Waals surface area contributed by atoms with Crippen LogP contribution in [0.4, 0.5) is 0 Å². The second-order valence-corrected chi connectivity index (χ2v) is 7.03. The zero-order valence-electron chi connectivity index (χ0n) is 13.6. The topological polar surface area (TPSA) is 0 Å². The van der Waals surface area contributed by atoms with Crippen LogP contribution in [0, 0.1) is 0 Å². The maximum atomic E-state index is 2.18. The molecule has 0 aliphatic heterocycles. The zero-order chi connectivity index (χ0) is 15.9. The molecule has 0 saturated carbocycles. The monoisotopic (exact) mass is 330 g/mol. The molecular weight excluding hydrogens is 304 g/mol. The first-order valence-corrected chi connectivity index (χ1v) is 9.77. The molecule has 0 aromatic heterocycles. The molecule has 0 bridgehead atoms. The van der Waals surface area contributed by atoms with Gasteiger partial charge in [0.05, 0.1) is 0 Å². The van der Waals surface area contributed by atoms with Gasteiger partial charge in [0.15, 0.2) is 0 Å². The van der Waals surface area contributed by atoms with E-state index in [2.05, 4.69) is 60.7 Å². The molecule has 2 aromatic carbocycles. The highest BCUT2D eigenvalue weighted by atomic mass is 32.2. The highest BCUT2D eigenvalue weighted by Crippen LogP contribution is 2.21. The number of thioether (sulfide) groups is 2. The summed E-state index contributed by atoms with van der Waals surface area (Å²) < 4.78 is 0. The fourth-order valence-electron chi connectivity index (χ4n) is 1.62. The Hall–Kier alpha value is -1.12. The summed E-state index contributed by atoms with van der Waals surface area (Å²) >= 11 is 3.91. The minimum atomic E-state index is 1.22. The van der Waals surface area contributed by atoms with Gasteiger partial charge in [-0.15, -0.1) is 23.5 Å². The summed E-state index contributed by atoms with van der Waals surface area (Å²) in [5.41, 5.74) is 0. The molecule has 22 heavy (non-hydrogen) atoms. The van der Waals surface area contributed by atoms with Crippen LogP contribution in [0.25, 0.3) is 0 Å². The van der Waals surface area contributed by atoms with Gasteiger partial charge in [0.1, 0.15) is 0 Å². The Morgan fingerprint density at radius 3 is 1.32 bits per heavy atom. The van der Waals surface area contributed by atoms with E-state index in [0.29, 0.717) is 0 Å². The minimum absolute atomic E-state index is 1.22. The Bertz CT molecular complexity index is 444. The summed E-state index contributed by atoms with van der Waals surface area (Å²) in [4.78, 5) is 2.77. The van der Waals surface area contributed by atoms with Crippen molar-refractivity contribution in [1.82, 2.24) is 0 Å². The molecule has 0 saturated heterocycles. The molecule has 0 spiro atoms. The van der Waals surface area contributed by atoms with Gasteiger partial charge in [0.2, 0.25) is 0 Å². The first-order valence-electron chi connectivity index (χ1n) is 7.79. The highest BCUT2D eigenvalue weighted by Gasteiger charge is 1.95. The second kappa shape index (κ2) is 13.5. The van der Waals surface area contributed by atoms with E-state index in [0.717, 1.165) is 0 Å². The summed E-state index contributed by atoms with van der Waals surface area (Å²) in [6.45, 7) is 4.00. The van der Waals surface area contributed by atoms with Gasteiger partial charge in [-0.3, -0.25) is 0 Å². The molecule has 0 fully saturated rings. The molecule has 0 aliphatic carbocycles. The van der Waals surface area contributed by atoms with Crippen molar-refractivity contribution >= 4 is 23.5 Å². The van der Waals surface area contributed by atoms with E-state index in [-0.39, 0.29) is 0 Å². The second-order valence-electron chi connectivity index (χ2n) is 4.70. The zero-order valence-corrected chi connectivity index (χ0v) is 15.2. The molecule has 0 heterocycles. The van der Waals surface area contributed by atoms with Crippen molar-refractivity contribution in [3.63, 3.8) is 0 Å². The van der Waals surface area contributed by atoms with E-state index < -0.39 is 0 Å². The van der Waals surface area contributed by atoms with Crippen LogP contribution in [0.3, 0.4) is 0 Å². The molecule has 0 atom stereocenters. The molecule has 0 radical (unpaired) electrons. The van der Waals surface area contributed by atoms with E-state index in [4.69, 9.17) is 0 Å². The van der Waals surface area contributed by atoms with Gasteiger partial charge >= 0.3 is 0 Å². The maximum Gasteiger partial charge on any atom is 0.00719 e. The Morgan fingerprint density at radius 2 is 1.00 bits per heavy atom. The van der Waals surface area contributed by atoms with Gasteiger partial charge in [-0.25, -0.2) is 0 Å². The van der Waals surface area contributed by atoms with E-state index in [1.807, 2.05) is 49.5 Å². The lowest BCUT2D eigenvalue weighted by Crippen LogP contribution is -1.84. The number of benzene rings is 2. The molecule has 2 aromatic rings. The Balaban J connectivity index is 0.000000541. The van der Waals surface area contributed by atoms with Gasteiger partial charge in [-0.1, -0.05) is 48.6 Å². The van der Waals surface area contributed by atoms with Crippen molar-refractivity contribution < 1.29 is 0 Å². The summed E-state index contributed by atoms with van der Waals surface area (Å²) in [6.07, 6.45) is 6.58. The van der Waals surface area contributed by atoms with Crippen molar-refractivity contribution in [3.8, 4) is 0 Å². The fraction of sp³-hybridized carbons (Fsp3) is 0.300. The standard InChI is InChI=1S/C16H18S2.C4H8/c1-3-9-15(10-4-1)17-13-7-8-14-18-16-11-5-2-6-12-16;1-3-4-2/h1-6,9-12H,7-8,13-14H2;3-4H,1-2H3. The molecule has 2 heteroatoms. The summed E-state index contributed by atoms with van der Waals surface area (Å²) in [5.74, 6) is 2.44. The number of rotatable bonds is 7. The van der Waals surface area contributed by atoms with Gasteiger partial charge in [0, 0.05) is 9.79 Å². The van der Waals surface area contributed by atoms with Gasteiger partial charge in [-0.05, 0) is 62.5 Å². The Labute approximate surface area is 144 Å². The van der Waals surface area contributed by atoms with E-state index >= 15 is 0 Å². The lowest BCUT2D eigenvalue weighted by Gasteiger charge is -2.02. The van der Waals surface area contributed by atoms with Gasteiger partial charge in [0.25, 0.3) is 0 Å². The predicted molar refractivity (Wildman–Crippen MR) is 104 cm³/mol. The molecule has 0 N–H and O–H groups in total. The highest BCUT2D eigenvalue weighted by molar-refractivity contribution is 7.99. The number of unbranched alkanes of at least 4 members (excludes halogenated alkanes) is 1. The van der Waals surface area contributed by atoms with Crippen molar-refractivity contribution in [2.45, 2.75) is 36.5 Å². The van der Waals surface area contributed by atoms with Crippen LogP contribution in [-0.2, 0) is 0 Å². The van der Waals surface area contributed by atoms with Crippen molar-refractivity contribution in [1.29, 1.82) is 0 Å². The molecule has 0 unspecified atom stereocenters. The lowest BCUT2D eigenvalue weighted by molar-refractivity contribution is 0.907. The van der Waals surface area contributed by atoms with Crippen molar-refractivity contribution in [3.05, 3.63) is 72.8 Å². The van der Waals surface area contributed by atoms with Gasteiger partial charge in [-0.2, -0.15) is 0 Å². The average Bonchev–Trinajstić information content (AvgIpc) is 2.60. The smallest absolute Gasteiger partial charge is 0.00719 e. The number of allylic oxidation sites excluding steroid dienone is 2. The van der Waals surface area contributed by atoms with Crippen LogP contribution < -0.4 is 0 Å². The molecule has 118 valence electrons. The molecule has 2 rings (SSSR count). The maximum absolute atomic E-state index is 2.18. The fourth-order valence-corrected chi connectivity index (χ4v) is 3.49. The number of hydrogen-bond acceptors (Lipinski definition) is 2. The van der Waals surface area contributed by atoms with E-state index in [9.17, 15) is 0 Å². The van der Waals surface area contributed by atoms with Crippen LogP contribution in [0.1, 0.15) is 26.7 Å². The average molecular weight is 331 g/mol. The summed E-state index contributed by atoms with van der Waals surface area (Å²) in [6, 6.07) is 21.3. The molecule has 0 amide bonds. The third-order valence-electron chi connectivity index (χ3n) is 2.90. The van der Waals surface area contributed by atoms with Crippen LogP contribution in [0.2, 0.25) is 0 Å². The van der Waals surface area contributed by atoms with Crippen molar-refractivity contribution in [2.24, 2.45) is 0 Å². The normalized spacial score (nSPS) is 10.3. The molecular formula is C20H26S2. The van der Waals surface area contributed by atoms with E-state index in [1.165, 1.54) is 34.1 Å².